The van der Waals surface area contributed by atoms with Gasteiger partial charge in [0.25, 0.3) is 5.91 Å². The molecule has 0 spiro atoms. The number of likely N-dealkylation sites (tertiary alicyclic amines) is 1. The van der Waals surface area contributed by atoms with Crippen LogP contribution in [0.1, 0.15) is 22.5 Å². The first kappa shape index (κ1) is 17.7. The monoisotopic (exact) mass is 392 g/mol. The number of carbonyl (C=O) groups excluding carboxylic acids is 1. The predicted octanol–water partition coefficient (Wildman–Crippen LogP) is 4.04. The van der Waals surface area contributed by atoms with E-state index in [0.717, 1.165) is 18.6 Å². The van der Waals surface area contributed by atoms with E-state index in [2.05, 4.69) is 15.3 Å². The van der Waals surface area contributed by atoms with Crippen LogP contribution in [0.5, 0.6) is 0 Å². The van der Waals surface area contributed by atoms with Crippen molar-refractivity contribution in [2.45, 2.75) is 18.6 Å². The van der Waals surface area contributed by atoms with Crippen LogP contribution in [0.4, 0.5) is 18.3 Å². The Kier molecular flexibility index (Phi) is 4.47. The molecule has 9 heteroatoms. The molecule has 1 aliphatic heterocycles. The maximum absolute atomic E-state index is 12.8. The van der Waals surface area contributed by atoms with Crippen molar-refractivity contribution in [1.29, 1.82) is 0 Å². The third kappa shape index (κ3) is 3.73. The molecule has 0 aliphatic carbocycles. The topological polar surface area (TPSA) is 58.1 Å². The fourth-order valence-corrected chi connectivity index (χ4v) is 3.98. The molecule has 1 N–H and O–H groups in total. The average Bonchev–Trinajstić information content (AvgIpc) is 3.27. The summed E-state index contributed by atoms with van der Waals surface area (Å²) < 4.78 is 39.2. The molecule has 1 aliphatic rings. The molecule has 3 heterocycles. The summed E-state index contributed by atoms with van der Waals surface area (Å²) in [6, 6.07) is 8.75. The lowest BCUT2D eigenvalue weighted by Crippen LogP contribution is -2.32. The highest BCUT2D eigenvalue weighted by atomic mass is 32.1. The smallest absolute Gasteiger partial charge is 0.357 e. The summed E-state index contributed by atoms with van der Waals surface area (Å²) in [5.74, 6) is -0.126. The van der Waals surface area contributed by atoms with E-state index in [1.807, 2.05) is 0 Å². The first-order chi connectivity index (χ1) is 12.9. The standard InChI is InChI=1S/C18H15F3N4OS/c19-18(20,21)11-4-5-15-14(9-11)24-17(27-15)23-12-6-8-25(10-12)16(26)13-3-1-2-7-22-13/h1-5,7,9,12H,6,8,10H2,(H,23,24). The van der Waals surface area contributed by atoms with Crippen LogP contribution in [0.2, 0.25) is 0 Å². The first-order valence-electron chi connectivity index (χ1n) is 8.35. The molecule has 1 aromatic carbocycles. The number of fused-ring (bicyclic) bond motifs is 1. The number of pyridine rings is 1. The van der Waals surface area contributed by atoms with Crippen LogP contribution in [0.15, 0.2) is 42.6 Å². The molecular weight excluding hydrogens is 377 g/mol. The molecule has 1 amide bonds. The Balaban J connectivity index is 1.45. The van der Waals surface area contributed by atoms with Crippen molar-refractivity contribution in [3.8, 4) is 0 Å². The van der Waals surface area contributed by atoms with E-state index in [4.69, 9.17) is 0 Å². The number of rotatable bonds is 3. The number of nitrogens with one attached hydrogen (secondary N) is 1. The number of hydrogen-bond acceptors (Lipinski definition) is 5. The minimum atomic E-state index is -4.39. The zero-order valence-corrected chi connectivity index (χ0v) is 14.8. The van der Waals surface area contributed by atoms with Gasteiger partial charge in [0, 0.05) is 25.3 Å². The van der Waals surface area contributed by atoms with Gasteiger partial charge >= 0.3 is 6.18 Å². The lowest BCUT2D eigenvalue weighted by Gasteiger charge is -2.16. The van der Waals surface area contributed by atoms with Crippen LogP contribution in [-0.2, 0) is 6.18 Å². The highest BCUT2D eigenvalue weighted by molar-refractivity contribution is 7.22. The van der Waals surface area contributed by atoms with Crippen LogP contribution in [0.3, 0.4) is 0 Å². The van der Waals surface area contributed by atoms with Crippen molar-refractivity contribution in [2.75, 3.05) is 18.4 Å². The number of nitrogens with zero attached hydrogens (tertiary/aromatic N) is 3. The predicted molar refractivity (Wildman–Crippen MR) is 96.8 cm³/mol. The number of hydrogen-bond donors (Lipinski definition) is 1. The maximum Gasteiger partial charge on any atom is 0.416 e. The second-order valence-electron chi connectivity index (χ2n) is 6.30. The molecule has 4 rings (SSSR count). The summed E-state index contributed by atoms with van der Waals surface area (Å²) in [7, 11) is 0. The minimum Gasteiger partial charge on any atom is -0.357 e. The van der Waals surface area contributed by atoms with Crippen molar-refractivity contribution in [3.63, 3.8) is 0 Å². The lowest BCUT2D eigenvalue weighted by atomic mass is 10.2. The number of benzene rings is 1. The molecule has 0 bridgehead atoms. The normalized spacial score (nSPS) is 17.4. The van der Waals surface area contributed by atoms with Crippen LogP contribution in [0, 0.1) is 0 Å². The molecule has 0 radical (unpaired) electrons. The highest BCUT2D eigenvalue weighted by Gasteiger charge is 2.31. The van der Waals surface area contributed by atoms with E-state index in [-0.39, 0.29) is 11.9 Å². The van der Waals surface area contributed by atoms with E-state index in [1.165, 1.54) is 17.4 Å². The summed E-state index contributed by atoms with van der Waals surface area (Å²) >= 11 is 1.30. The molecule has 27 heavy (non-hydrogen) atoms. The maximum atomic E-state index is 12.8. The molecule has 1 atom stereocenters. The molecule has 1 unspecified atom stereocenters. The molecular formula is C18H15F3N4OS. The number of carbonyl (C=O) groups is 1. The van der Waals surface area contributed by atoms with Crippen molar-refractivity contribution in [3.05, 3.63) is 53.9 Å². The van der Waals surface area contributed by atoms with E-state index >= 15 is 0 Å². The van der Waals surface area contributed by atoms with Gasteiger partial charge in [0.1, 0.15) is 5.69 Å². The Morgan fingerprint density at radius 1 is 1.26 bits per heavy atom. The Morgan fingerprint density at radius 3 is 2.85 bits per heavy atom. The molecule has 1 saturated heterocycles. The molecule has 140 valence electrons. The van der Waals surface area contributed by atoms with Crippen LogP contribution in [0.25, 0.3) is 10.2 Å². The molecule has 5 nitrogen and oxygen atoms in total. The summed E-state index contributed by atoms with van der Waals surface area (Å²) in [4.78, 5) is 22.5. The van der Waals surface area contributed by atoms with Crippen molar-refractivity contribution >= 4 is 32.6 Å². The van der Waals surface area contributed by atoms with E-state index < -0.39 is 11.7 Å². The molecule has 1 fully saturated rings. The number of amides is 1. The van der Waals surface area contributed by atoms with Gasteiger partial charge in [0.05, 0.1) is 15.8 Å². The van der Waals surface area contributed by atoms with Gasteiger partial charge in [-0.1, -0.05) is 17.4 Å². The fourth-order valence-electron chi connectivity index (χ4n) is 3.05. The number of halogens is 3. The van der Waals surface area contributed by atoms with E-state index in [1.54, 1.807) is 29.3 Å². The van der Waals surface area contributed by atoms with Gasteiger partial charge in [0.2, 0.25) is 0 Å². The zero-order chi connectivity index (χ0) is 19.0. The van der Waals surface area contributed by atoms with Crippen LogP contribution in [-0.4, -0.2) is 39.9 Å². The molecule has 3 aromatic rings. The third-order valence-electron chi connectivity index (χ3n) is 4.40. The fraction of sp³-hybridized carbons (Fsp3) is 0.278. The number of aromatic nitrogens is 2. The summed E-state index contributed by atoms with van der Waals surface area (Å²) in [6.07, 6.45) is -2.07. The first-order valence-corrected chi connectivity index (χ1v) is 9.16. The Morgan fingerprint density at radius 2 is 2.11 bits per heavy atom. The third-order valence-corrected chi connectivity index (χ3v) is 5.37. The largest absolute Gasteiger partial charge is 0.416 e. The Labute approximate surface area is 156 Å². The quantitative estimate of drug-likeness (QED) is 0.731. The van der Waals surface area contributed by atoms with Gasteiger partial charge < -0.3 is 10.2 Å². The molecule has 2 aromatic heterocycles. The Hall–Kier alpha value is -2.68. The average molecular weight is 392 g/mol. The van der Waals surface area contributed by atoms with Gasteiger partial charge in [-0.3, -0.25) is 9.78 Å². The lowest BCUT2D eigenvalue weighted by molar-refractivity contribution is -0.137. The second kappa shape index (κ2) is 6.80. The number of thiazole rings is 1. The van der Waals surface area contributed by atoms with Gasteiger partial charge in [-0.15, -0.1) is 0 Å². The van der Waals surface area contributed by atoms with Gasteiger partial charge in [0.15, 0.2) is 5.13 Å². The number of anilines is 1. The van der Waals surface area contributed by atoms with Gasteiger partial charge in [-0.25, -0.2) is 4.98 Å². The van der Waals surface area contributed by atoms with E-state index in [9.17, 15) is 18.0 Å². The zero-order valence-electron chi connectivity index (χ0n) is 14.0. The van der Waals surface area contributed by atoms with Gasteiger partial charge in [-0.05, 0) is 36.8 Å². The van der Waals surface area contributed by atoms with Crippen molar-refractivity contribution in [1.82, 2.24) is 14.9 Å². The van der Waals surface area contributed by atoms with Gasteiger partial charge in [-0.2, -0.15) is 13.2 Å². The number of alkyl halides is 3. The van der Waals surface area contributed by atoms with Crippen molar-refractivity contribution < 1.29 is 18.0 Å². The minimum absolute atomic E-state index is 0.000288. The Bertz CT molecular complexity index is 974. The summed E-state index contributed by atoms with van der Waals surface area (Å²) in [6.45, 7) is 1.09. The van der Waals surface area contributed by atoms with Crippen molar-refractivity contribution in [2.24, 2.45) is 0 Å². The summed E-state index contributed by atoms with van der Waals surface area (Å²) in [5.41, 5.74) is 0.00871. The summed E-state index contributed by atoms with van der Waals surface area (Å²) in [5, 5.41) is 3.79. The van der Waals surface area contributed by atoms with E-state index in [0.29, 0.717) is 34.1 Å². The SMILES string of the molecule is O=C(c1ccccn1)N1CCC(Nc2nc3cc(C(F)(F)F)ccc3s2)C1. The highest BCUT2D eigenvalue weighted by Crippen LogP contribution is 2.34. The molecule has 0 saturated carbocycles. The van der Waals surface area contributed by atoms with Crippen LogP contribution >= 0.6 is 11.3 Å². The second-order valence-corrected chi connectivity index (χ2v) is 7.33. The van der Waals surface area contributed by atoms with Crippen LogP contribution < -0.4 is 5.32 Å².